The third kappa shape index (κ3) is 1.74. The van der Waals surface area contributed by atoms with Crippen LogP contribution in [0, 0.1) is 0 Å². The second-order valence-electron chi connectivity index (χ2n) is 4.02. The Hall–Kier alpha value is -0.240. The molecule has 1 heterocycles. The van der Waals surface area contributed by atoms with E-state index in [1.54, 1.807) is 6.92 Å². The SMILES string of the molecule is CC(Cl)C(=O)N1CCCC1(C)C. The van der Waals surface area contributed by atoms with Crippen molar-refractivity contribution < 1.29 is 4.79 Å². The Morgan fingerprint density at radius 2 is 2.17 bits per heavy atom. The molecule has 3 heteroatoms. The standard InChI is InChI=1S/C9H16ClNO/c1-7(10)8(12)11-6-4-5-9(11,2)3/h7H,4-6H2,1-3H3. The third-order valence-electron chi connectivity index (χ3n) is 2.51. The van der Waals surface area contributed by atoms with Crippen LogP contribution in [0.15, 0.2) is 0 Å². The van der Waals surface area contributed by atoms with E-state index in [4.69, 9.17) is 11.6 Å². The molecule has 1 rings (SSSR count). The summed E-state index contributed by atoms with van der Waals surface area (Å²) >= 11 is 5.74. The molecule has 70 valence electrons. The molecule has 0 aromatic heterocycles. The molecule has 1 saturated heterocycles. The van der Waals surface area contributed by atoms with E-state index in [0.29, 0.717) is 0 Å². The molecule has 0 saturated carbocycles. The van der Waals surface area contributed by atoms with Crippen LogP contribution in [-0.2, 0) is 4.79 Å². The van der Waals surface area contributed by atoms with E-state index in [2.05, 4.69) is 13.8 Å². The fraction of sp³-hybridized carbons (Fsp3) is 0.889. The molecule has 12 heavy (non-hydrogen) atoms. The molecule has 1 fully saturated rings. The van der Waals surface area contributed by atoms with E-state index in [0.717, 1.165) is 19.4 Å². The summed E-state index contributed by atoms with van der Waals surface area (Å²) in [6.07, 6.45) is 2.19. The number of nitrogens with zero attached hydrogens (tertiary/aromatic N) is 1. The minimum absolute atomic E-state index is 0.0141. The van der Waals surface area contributed by atoms with Gasteiger partial charge in [-0.05, 0) is 33.6 Å². The predicted octanol–water partition coefficient (Wildman–Crippen LogP) is 2.01. The molecule has 1 aliphatic heterocycles. The van der Waals surface area contributed by atoms with Crippen LogP contribution in [0.2, 0.25) is 0 Å². The lowest BCUT2D eigenvalue weighted by Crippen LogP contribution is -2.45. The van der Waals surface area contributed by atoms with Crippen LogP contribution < -0.4 is 0 Å². The first kappa shape index (κ1) is 9.85. The quantitative estimate of drug-likeness (QED) is 0.578. The summed E-state index contributed by atoms with van der Waals surface area (Å²) in [4.78, 5) is 13.4. The second kappa shape index (κ2) is 3.25. The van der Waals surface area contributed by atoms with Crippen LogP contribution >= 0.6 is 11.6 Å². The number of alkyl halides is 1. The highest BCUT2D eigenvalue weighted by atomic mass is 35.5. The lowest BCUT2D eigenvalue weighted by atomic mass is 10.0. The molecule has 1 amide bonds. The third-order valence-corrected chi connectivity index (χ3v) is 2.69. The maximum absolute atomic E-state index is 11.6. The van der Waals surface area contributed by atoms with Gasteiger partial charge < -0.3 is 4.90 Å². The number of carbonyl (C=O) groups excluding carboxylic acids is 1. The number of rotatable bonds is 1. The van der Waals surface area contributed by atoms with Gasteiger partial charge in [-0.2, -0.15) is 0 Å². The number of hydrogen-bond donors (Lipinski definition) is 0. The summed E-state index contributed by atoms with van der Waals surface area (Å²) in [5.41, 5.74) is 0.0141. The lowest BCUT2D eigenvalue weighted by molar-refractivity contribution is -0.133. The normalized spacial score (nSPS) is 24.2. The molecule has 1 unspecified atom stereocenters. The van der Waals surface area contributed by atoms with Crippen LogP contribution in [0.25, 0.3) is 0 Å². The molecular weight excluding hydrogens is 174 g/mol. The molecule has 1 aliphatic rings. The molecule has 0 radical (unpaired) electrons. The first-order valence-corrected chi connectivity index (χ1v) is 4.84. The second-order valence-corrected chi connectivity index (χ2v) is 4.68. The number of hydrogen-bond acceptors (Lipinski definition) is 1. The molecule has 0 bridgehead atoms. The maximum Gasteiger partial charge on any atom is 0.240 e. The Bertz CT molecular complexity index is 189. The van der Waals surface area contributed by atoms with Gasteiger partial charge in [0, 0.05) is 12.1 Å². The average Bonchev–Trinajstić information content (AvgIpc) is 2.27. The van der Waals surface area contributed by atoms with Crippen molar-refractivity contribution >= 4 is 17.5 Å². The minimum atomic E-state index is -0.387. The van der Waals surface area contributed by atoms with Gasteiger partial charge in [0.1, 0.15) is 5.38 Å². The van der Waals surface area contributed by atoms with Crippen molar-refractivity contribution in [2.24, 2.45) is 0 Å². The number of amides is 1. The van der Waals surface area contributed by atoms with E-state index < -0.39 is 0 Å². The van der Waals surface area contributed by atoms with E-state index in [9.17, 15) is 4.79 Å². The number of halogens is 1. The van der Waals surface area contributed by atoms with E-state index in [1.807, 2.05) is 4.90 Å². The van der Waals surface area contributed by atoms with Crippen molar-refractivity contribution in [1.82, 2.24) is 4.90 Å². The van der Waals surface area contributed by atoms with Gasteiger partial charge >= 0.3 is 0 Å². The zero-order valence-corrected chi connectivity index (χ0v) is 8.69. The highest BCUT2D eigenvalue weighted by Crippen LogP contribution is 2.29. The minimum Gasteiger partial charge on any atom is -0.336 e. The smallest absolute Gasteiger partial charge is 0.240 e. The van der Waals surface area contributed by atoms with Crippen molar-refractivity contribution in [3.8, 4) is 0 Å². The van der Waals surface area contributed by atoms with Gasteiger partial charge in [0.15, 0.2) is 0 Å². The summed E-state index contributed by atoms with van der Waals surface area (Å²) in [5.74, 6) is 0.0687. The van der Waals surface area contributed by atoms with Crippen molar-refractivity contribution in [3.63, 3.8) is 0 Å². The highest BCUT2D eigenvalue weighted by molar-refractivity contribution is 6.30. The van der Waals surface area contributed by atoms with Gasteiger partial charge in [-0.3, -0.25) is 4.79 Å². The summed E-state index contributed by atoms with van der Waals surface area (Å²) in [6.45, 7) is 6.79. The highest BCUT2D eigenvalue weighted by Gasteiger charge is 2.36. The summed E-state index contributed by atoms with van der Waals surface area (Å²) in [7, 11) is 0. The summed E-state index contributed by atoms with van der Waals surface area (Å²) in [6, 6.07) is 0. The van der Waals surface area contributed by atoms with Gasteiger partial charge in [0.25, 0.3) is 0 Å². The summed E-state index contributed by atoms with van der Waals surface area (Å²) < 4.78 is 0. The maximum atomic E-state index is 11.6. The summed E-state index contributed by atoms with van der Waals surface area (Å²) in [5, 5.41) is -0.387. The first-order valence-electron chi connectivity index (χ1n) is 4.41. The molecule has 0 aromatic rings. The van der Waals surface area contributed by atoms with Crippen LogP contribution in [0.3, 0.4) is 0 Å². The Kier molecular flexibility index (Phi) is 2.67. The van der Waals surface area contributed by atoms with Crippen molar-refractivity contribution in [1.29, 1.82) is 0 Å². The molecule has 1 atom stereocenters. The largest absolute Gasteiger partial charge is 0.336 e. The molecule has 2 nitrogen and oxygen atoms in total. The molecule has 0 spiro atoms. The van der Waals surface area contributed by atoms with Gasteiger partial charge in [0.2, 0.25) is 5.91 Å². The Morgan fingerprint density at radius 1 is 1.58 bits per heavy atom. The van der Waals surface area contributed by atoms with Crippen LogP contribution in [-0.4, -0.2) is 28.3 Å². The predicted molar refractivity (Wildman–Crippen MR) is 50.3 cm³/mol. The topological polar surface area (TPSA) is 20.3 Å². The Balaban J connectivity index is 2.69. The van der Waals surface area contributed by atoms with Gasteiger partial charge in [-0.25, -0.2) is 0 Å². The molecule has 0 aliphatic carbocycles. The Labute approximate surface area is 78.9 Å². The fourth-order valence-electron chi connectivity index (χ4n) is 1.73. The van der Waals surface area contributed by atoms with Crippen molar-refractivity contribution in [2.45, 2.75) is 44.5 Å². The average molecular weight is 190 g/mol. The first-order chi connectivity index (χ1) is 5.45. The van der Waals surface area contributed by atoms with Crippen molar-refractivity contribution in [3.05, 3.63) is 0 Å². The van der Waals surface area contributed by atoms with E-state index in [-0.39, 0.29) is 16.8 Å². The molecular formula is C9H16ClNO. The fourth-order valence-corrected chi connectivity index (χ4v) is 1.85. The van der Waals surface area contributed by atoms with Gasteiger partial charge in [0.05, 0.1) is 0 Å². The molecule has 0 aromatic carbocycles. The lowest BCUT2D eigenvalue weighted by Gasteiger charge is -2.32. The number of carbonyl (C=O) groups is 1. The van der Waals surface area contributed by atoms with Gasteiger partial charge in [-0.15, -0.1) is 11.6 Å². The van der Waals surface area contributed by atoms with Crippen LogP contribution in [0.1, 0.15) is 33.6 Å². The zero-order chi connectivity index (χ0) is 9.35. The number of likely N-dealkylation sites (tertiary alicyclic amines) is 1. The monoisotopic (exact) mass is 189 g/mol. The zero-order valence-electron chi connectivity index (χ0n) is 7.93. The van der Waals surface area contributed by atoms with Gasteiger partial charge in [-0.1, -0.05) is 0 Å². The van der Waals surface area contributed by atoms with Crippen LogP contribution in [0.5, 0.6) is 0 Å². The van der Waals surface area contributed by atoms with Crippen molar-refractivity contribution in [2.75, 3.05) is 6.54 Å². The van der Waals surface area contributed by atoms with E-state index in [1.165, 1.54) is 0 Å². The molecule has 0 N–H and O–H groups in total. The van der Waals surface area contributed by atoms with Crippen LogP contribution in [0.4, 0.5) is 0 Å². The van der Waals surface area contributed by atoms with E-state index >= 15 is 0 Å². The Morgan fingerprint density at radius 3 is 2.50 bits per heavy atom.